The summed E-state index contributed by atoms with van der Waals surface area (Å²) in [4.78, 5) is 21.4. The number of carbonyl (C=O) groups excluding carboxylic acids is 1. The summed E-state index contributed by atoms with van der Waals surface area (Å²) in [6.45, 7) is 12.6. The van der Waals surface area contributed by atoms with Crippen LogP contribution in [0.3, 0.4) is 0 Å². The molecule has 0 aromatic heterocycles. The molecule has 0 bridgehead atoms. The smallest absolute Gasteiger partial charge is 0.268 e. The third-order valence-corrected chi connectivity index (χ3v) is 7.13. The van der Waals surface area contributed by atoms with E-state index in [-0.39, 0.29) is 5.91 Å². The summed E-state index contributed by atoms with van der Waals surface area (Å²) in [5.74, 6) is -0.0262. The molecule has 3 aromatic rings. The van der Waals surface area contributed by atoms with E-state index in [0.717, 1.165) is 46.5 Å². The Labute approximate surface area is 207 Å². The summed E-state index contributed by atoms with van der Waals surface area (Å²) in [6.07, 6.45) is 3.81. The molecular formula is C30H32N2OS. The maximum atomic E-state index is 13.8. The Hall–Kier alpha value is -3.11. The number of amides is 1. The Morgan fingerprint density at radius 3 is 2.12 bits per heavy atom. The second kappa shape index (κ2) is 10.0. The predicted molar refractivity (Wildman–Crippen MR) is 147 cm³/mol. The van der Waals surface area contributed by atoms with Gasteiger partial charge in [0, 0.05) is 0 Å². The topological polar surface area (TPSA) is 32.7 Å². The van der Waals surface area contributed by atoms with Crippen LogP contribution >= 0.6 is 11.8 Å². The number of aliphatic imine (C=N–C) groups is 1. The van der Waals surface area contributed by atoms with Crippen LogP contribution in [0.2, 0.25) is 0 Å². The third kappa shape index (κ3) is 4.88. The zero-order chi connectivity index (χ0) is 24.4. The lowest BCUT2D eigenvalue weighted by Crippen LogP contribution is -2.29. The van der Waals surface area contributed by atoms with Gasteiger partial charge in [-0.2, -0.15) is 0 Å². The minimum Gasteiger partial charge on any atom is -0.268 e. The zero-order valence-corrected chi connectivity index (χ0v) is 21.7. The number of anilines is 1. The lowest BCUT2D eigenvalue weighted by atomic mass is 10.0. The van der Waals surface area contributed by atoms with Crippen LogP contribution < -0.4 is 4.90 Å². The molecule has 1 heterocycles. The van der Waals surface area contributed by atoms with E-state index in [1.807, 2.05) is 6.08 Å². The van der Waals surface area contributed by atoms with Gasteiger partial charge in [-0.3, -0.25) is 9.69 Å². The molecule has 1 fully saturated rings. The zero-order valence-electron chi connectivity index (χ0n) is 20.9. The van der Waals surface area contributed by atoms with E-state index in [4.69, 9.17) is 4.99 Å². The summed E-state index contributed by atoms with van der Waals surface area (Å²) in [6, 6.07) is 19.0. The molecule has 4 rings (SSSR count). The maximum Gasteiger partial charge on any atom is 0.271 e. The van der Waals surface area contributed by atoms with Gasteiger partial charge < -0.3 is 0 Å². The first-order valence-corrected chi connectivity index (χ1v) is 12.7. The lowest BCUT2D eigenvalue weighted by molar-refractivity contribution is -0.113. The number of aryl methyl sites for hydroxylation is 6. The van der Waals surface area contributed by atoms with Crippen LogP contribution in [0.15, 0.2) is 64.5 Å². The Kier molecular flexibility index (Phi) is 7.08. The highest BCUT2D eigenvalue weighted by Crippen LogP contribution is 2.39. The highest BCUT2D eigenvalue weighted by Gasteiger charge is 2.35. The summed E-state index contributed by atoms with van der Waals surface area (Å²) >= 11 is 1.46. The first kappa shape index (κ1) is 24.0. The van der Waals surface area contributed by atoms with E-state index in [0.29, 0.717) is 10.1 Å². The van der Waals surface area contributed by atoms with Crippen molar-refractivity contribution in [2.24, 2.45) is 4.99 Å². The van der Waals surface area contributed by atoms with Gasteiger partial charge >= 0.3 is 0 Å². The fraction of sp³-hybridized carbons (Fsp3) is 0.267. The molecule has 1 aliphatic rings. The Morgan fingerprint density at radius 2 is 1.50 bits per heavy atom. The van der Waals surface area contributed by atoms with E-state index in [1.54, 1.807) is 4.90 Å². The van der Waals surface area contributed by atoms with Crippen molar-refractivity contribution in [3.05, 3.63) is 98.4 Å². The number of rotatable bonds is 5. The van der Waals surface area contributed by atoms with Gasteiger partial charge in [0.2, 0.25) is 0 Å². The van der Waals surface area contributed by atoms with Crippen molar-refractivity contribution in [1.29, 1.82) is 0 Å². The molecule has 4 heteroatoms. The van der Waals surface area contributed by atoms with Crippen molar-refractivity contribution in [3.63, 3.8) is 0 Å². The van der Waals surface area contributed by atoms with E-state index >= 15 is 0 Å². The van der Waals surface area contributed by atoms with E-state index < -0.39 is 0 Å². The highest BCUT2D eigenvalue weighted by molar-refractivity contribution is 8.19. The van der Waals surface area contributed by atoms with E-state index in [9.17, 15) is 4.79 Å². The molecule has 1 saturated heterocycles. The van der Waals surface area contributed by atoms with Crippen LogP contribution in [-0.2, 0) is 17.6 Å². The van der Waals surface area contributed by atoms with Crippen molar-refractivity contribution in [2.75, 3.05) is 4.90 Å². The Balaban J connectivity index is 1.90. The van der Waals surface area contributed by atoms with Gasteiger partial charge in [0.05, 0.1) is 16.3 Å². The largest absolute Gasteiger partial charge is 0.271 e. The van der Waals surface area contributed by atoms with Gasteiger partial charge in [0.15, 0.2) is 5.17 Å². The number of hydrogen-bond acceptors (Lipinski definition) is 3. The highest BCUT2D eigenvalue weighted by atomic mass is 32.2. The quantitative estimate of drug-likeness (QED) is 0.357. The predicted octanol–water partition coefficient (Wildman–Crippen LogP) is 7.85. The number of amidine groups is 1. The van der Waals surface area contributed by atoms with Crippen molar-refractivity contribution in [2.45, 2.75) is 54.4 Å². The molecule has 0 unspecified atom stereocenters. The molecule has 0 aliphatic carbocycles. The minimum atomic E-state index is -0.0262. The molecule has 1 aliphatic heterocycles. The molecule has 3 aromatic carbocycles. The van der Waals surface area contributed by atoms with Crippen LogP contribution in [0.1, 0.15) is 52.8 Å². The number of hydrogen-bond donors (Lipinski definition) is 0. The van der Waals surface area contributed by atoms with Crippen molar-refractivity contribution < 1.29 is 4.79 Å². The average molecular weight is 469 g/mol. The first-order valence-electron chi connectivity index (χ1n) is 11.9. The van der Waals surface area contributed by atoms with Gasteiger partial charge in [-0.25, -0.2) is 4.99 Å². The molecule has 0 N–H and O–H groups in total. The fourth-order valence-corrected chi connectivity index (χ4v) is 5.34. The molecule has 0 spiro atoms. The third-order valence-electron chi connectivity index (χ3n) is 6.16. The fourth-order valence-electron chi connectivity index (χ4n) is 4.37. The average Bonchev–Trinajstić information content (AvgIpc) is 3.10. The summed E-state index contributed by atoms with van der Waals surface area (Å²) < 4.78 is 0. The van der Waals surface area contributed by atoms with Crippen molar-refractivity contribution >= 4 is 40.3 Å². The number of thioether (sulfide) groups is 1. The van der Waals surface area contributed by atoms with Gasteiger partial charge in [-0.15, -0.1) is 0 Å². The monoisotopic (exact) mass is 468 g/mol. The number of carbonyl (C=O) groups is 1. The normalized spacial score (nSPS) is 16.2. The Morgan fingerprint density at radius 1 is 0.853 bits per heavy atom. The van der Waals surface area contributed by atoms with Gasteiger partial charge in [0.1, 0.15) is 0 Å². The maximum absolute atomic E-state index is 13.8. The first-order chi connectivity index (χ1) is 16.3. The number of nitrogens with zero attached hydrogens (tertiary/aromatic N) is 2. The molecule has 174 valence electrons. The van der Waals surface area contributed by atoms with Crippen LogP contribution in [0.5, 0.6) is 0 Å². The molecular weight excluding hydrogens is 436 g/mol. The standard InChI is InChI=1S/C30H32N2OS/c1-7-23-10-9-11-24(8-2)28(23)31-30-32(26-16-20(4)14-21(5)17-26)29(33)27(34-30)18-25-15-19(3)12-13-22(25)6/h9-18H,7-8H2,1-6H3. The van der Waals surface area contributed by atoms with Crippen LogP contribution in [0, 0.1) is 27.7 Å². The molecule has 0 saturated carbocycles. The van der Waals surface area contributed by atoms with E-state index in [2.05, 4.69) is 96.1 Å². The summed E-state index contributed by atoms with van der Waals surface area (Å²) in [5, 5.41) is 0.710. The van der Waals surface area contributed by atoms with Crippen LogP contribution in [-0.4, -0.2) is 11.1 Å². The summed E-state index contributed by atoms with van der Waals surface area (Å²) in [7, 11) is 0. The number of para-hydroxylation sites is 1. The number of benzene rings is 3. The molecule has 34 heavy (non-hydrogen) atoms. The SMILES string of the molecule is CCc1cccc(CC)c1N=C1SC(=Cc2cc(C)ccc2C)C(=O)N1c1cc(C)cc(C)c1. The molecule has 1 amide bonds. The Bertz CT molecular complexity index is 1280. The molecule has 0 atom stereocenters. The molecule has 0 radical (unpaired) electrons. The minimum absolute atomic E-state index is 0.0262. The van der Waals surface area contributed by atoms with Crippen molar-refractivity contribution in [1.82, 2.24) is 0 Å². The van der Waals surface area contributed by atoms with Gasteiger partial charge in [-0.05, 0) is 104 Å². The summed E-state index contributed by atoms with van der Waals surface area (Å²) in [5.41, 5.74) is 9.91. The second-order valence-electron chi connectivity index (χ2n) is 8.98. The van der Waals surface area contributed by atoms with Crippen molar-refractivity contribution in [3.8, 4) is 0 Å². The van der Waals surface area contributed by atoms with E-state index in [1.165, 1.54) is 28.5 Å². The van der Waals surface area contributed by atoms with Gasteiger partial charge in [0.25, 0.3) is 5.91 Å². The van der Waals surface area contributed by atoms with Crippen LogP contribution in [0.25, 0.3) is 6.08 Å². The van der Waals surface area contributed by atoms with Crippen LogP contribution in [0.4, 0.5) is 11.4 Å². The second-order valence-corrected chi connectivity index (χ2v) is 9.99. The molecule has 3 nitrogen and oxygen atoms in total. The lowest BCUT2D eigenvalue weighted by Gasteiger charge is -2.18. The van der Waals surface area contributed by atoms with Gasteiger partial charge in [-0.1, -0.05) is 61.9 Å².